The highest BCUT2D eigenvalue weighted by Crippen LogP contribution is 2.28. The lowest BCUT2D eigenvalue weighted by Gasteiger charge is -2.15. The molecule has 6 heteroatoms. The Hall–Kier alpha value is -1.43. The van der Waals surface area contributed by atoms with E-state index in [2.05, 4.69) is 15.5 Å². The Kier molecular flexibility index (Phi) is 3.15. The third-order valence-corrected chi connectivity index (χ3v) is 2.55. The summed E-state index contributed by atoms with van der Waals surface area (Å²) >= 11 is 0. The van der Waals surface area contributed by atoms with Crippen molar-refractivity contribution in [3.8, 4) is 0 Å². The fraction of sp³-hybridized carbons (Fsp3) is 0.727. The number of amides is 1. The molecule has 0 spiro atoms. The number of hydrogen-bond acceptors (Lipinski definition) is 5. The molecule has 0 radical (unpaired) electrons. The van der Waals surface area contributed by atoms with Gasteiger partial charge in [0.1, 0.15) is 6.10 Å². The fourth-order valence-corrected chi connectivity index (χ4v) is 1.47. The summed E-state index contributed by atoms with van der Waals surface area (Å²) in [5, 5.41) is 10.3. The van der Waals surface area contributed by atoms with Crippen LogP contribution in [-0.4, -0.2) is 22.7 Å². The Labute approximate surface area is 99.7 Å². The zero-order valence-corrected chi connectivity index (χ0v) is 10.3. The van der Waals surface area contributed by atoms with Crippen molar-refractivity contribution in [2.24, 2.45) is 5.41 Å². The van der Waals surface area contributed by atoms with Crippen molar-refractivity contribution < 1.29 is 13.9 Å². The number of carbonyl (C=O) groups excluding carboxylic acids is 1. The molecule has 0 aliphatic carbocycles. The highest BCUT2D eigenvalue weighted by molar-refractivity contribution is 5.92. The number of rotatable bonds is 2. The van der Waals surface area contributed by atoms with Crippen molar-refractivity contribution >= 4 is 11.9 Å². The molecule has 0 bridgehead atoms. The molecule has 1 saturated heterocycles. The summed E-state index contributed by atoms with van der Waals surface area (Å²) in [6.45, 7) is 6.18. The molecule has 1 amide bonds. The van der Waals surface area contributed by atoms with Gasteiger partial charge in [-0.25, -0.2) is 0 Å². The van der Waals surface area contributed by atoms with Crippen LogP contribution in [0, 0.1) is 5.41 Å². The van der Waals surface area contributed by atoms with Crippen LogP contribution < -0.4 is 5.32 Å². The van der Waals surface area contributed by atoms with Crippen LogP contribution in [0.1, 0.15) is 45.6 Å². The molecular weight excluding hydrogens is 222 g/mol. The molecule has 1 aromatic rings. The van der Waals surface area contributed by atoms with E-state index in [-0.39, 0.29) is 18.0 Å². The van der Waals surface area contributed by atoms with Crippen LogP contribution >= 0.6 is 0 Å². The Morgan fingerprint density at radius 1 is 1.41 bits per heavy atom. The largest absolute Gasteiger partial charge is 0.405 e. The quantitative estimate of drug-likeness (QED) is 0.852. The zero-order valence-electron chi connectivity index (χ0n) is 10.3. The maximum atomic E-state index is 11.7. The predicted molar refractivity (Wildman–Crippen MR) is 60.3 cm³/mol. The molecule has 0 saturated carbocycles. The minimum absolute atomic E-state index is 0.122. The van der Waals surface area contributed by atoms with Crippen molar-refractivity contribution in [2.45, 2.75) is 39.7 Å². The Morgan fingerprint density at radius 2 is 2.18 bits per heavy atom. The molecule has 94 valence electrons. The lowest BCUT2D eigenvalue weighted by molar-refractivity contribution is -0.123. The molecule has 1 N–H and O–H groups in total. The molecule has 1 aromatic heterocycles. The lowest BCUT2D eigenvalue weighted by atomic mass is 9.96. The number of aromatic nitrogens is 2. The summed E-state index contributed by atoms with van der Waals surface area (Å²) in [6, 6.07) is 0.135. The first-order valence-electron chi connectivity index (χ1n) is 5.73. The van der Waals surface area contributed by atoms with Crippen LogP contribution in [-0.2, 0) is 9.53 Å². The Morgan fingerprint density at radius 3 is 2.76 bits per heavy atom. The van der Waals surface area contributed by atoms with Crippen molar-refractivity contribution in [1.82, 2.24) is 10.2 Å². The van der Waals surface area contributed by atoms with Crippen LogP contribution in [0.15, 0.2) is 4.42 Å². The molecule has 17 heavy (non-hydrogen) atoms. The van der Waals surface area contributed by atoms with Crippen LogP contribution in [0.4, 0.5) is 6.01 Å². The molecule has 1 aliphatic heterocycles. The standard InChI is InChI=1S/C11H17N3O3/c1-11(2,3)9(15)12-10-14-13-8(17-10)7-5-4-6-16-7/h7H,4-6H2,1-3H3,(H,12,14,15). The molecule has 1 aliphatic rings. The van der Waals surface area contributed by atoms with Gasteiger partial charge in [0.25, 0.3) is 0 Å². The van der Waals surface area contributed by atoms with Crippen molar-refractivity contribution in [1.29, 1.82) is 0 Å². The van der Waals surface area contributed by atoms with Gasteiger partial charge in [-0.15, -0.1) is 5.10 Å². The molecule has 0 aromatic carbocycles. The average Bonchev–Trinajstić information content (AvgIpc) is 2.83. The molecule has 1 unspecified atom stereocenters. The maximum absolute atomic E-state index is 11.7. The summed E-state index contributed by atoms with van der Waals surface area (Å²) in [4.78, 5) is 11.7. The van der Waals surface area contributed by atoms with E-state index < -0.39 is 5.41 Å². The minimum Gasteiger partial charge on any atom is -0.405 e. The summed E-state index contributed by atoms with van der Waals surface area (Å²) in [6.07, 6.45) is 1.76. The first-order chi connectivity index (χ1) is 7.97. The highest BCUT2D eigenvalue weighted by atomic mass is 16.5. The predicted octanol–water partition coefficient (Wildman–Crippen LogP) is 1.91. The smallest absolute Gasteiger partial charge is 0.322 e. The van der Waals surface area contributed by atoms with E-state index in [1.807, 2.05) is 20.8 Å². The fourth-order valence-electron chi connectivity index (χ4n) is 1.47. The summed E-state index contributed by atoms with van der Waals surface area (Å²) in [5.74, 6) is 0.284. The first kappa shape index (κ1) is 12.0. The number of ether oxygens (including phenoxy) is 1. The van der Waals surface area contributed by atoms with Gasteiger partial charge >= 0.3 is 6.01 Å². The van der Waals surface area contributed by atoms with E-state index in [9.17, 15) is 4.79 Å². The second-order valence-electron chi connectivity index (χ2n) is 5.15. The van der Waals surface area contributed by atoms with Crippen LogP contribution in [0.5, 0.6) is 0 Å². The van der Waals surface area contributed by atoms with Gasteiger partial charge in [-0.2, -0.15) is 0 Å². The van der Waals surface area contributed by atoms with Crippen LogP contribution in [0.25, 0.3) is 0 Å². The van der Waals surface area contributed by atoms with Crippen molar-refractivity contribution in [3.05, 3.63) is 5.89 Å². The van der Waals surface area contributed by atoms with Gasteiger partial charge in [-0.3, -0.25) is 10.1 Å². The van der Waals surface area contributed by atoms with E-state index in [4.69, 9.17) is 9.15 Å². The lowest BCUT2D eigenvalue weighted by Crippen LogP contribution is -2.27. The average molecular weight is 239 g/mol. The molecule has 2 heterocycles. The van der Waals surface area contributed by atoms with E-state index in [0.29, 0.717) is 5.89 Å². The van der Waals surface area contributed by atoms with Gasteiger partial charge in [0.2, 0.25) is 11.8 Å². The number of nitrogens with zero attached hydrogens (tertiary/aromatic N) is 2. The first-order valence-corrected chi connectivity index (χ1v) is 5.73. The third-order valence-electron chi connectivity index (χ3n) is 2.55. The Balaban J connectivity index is 2.01. The van der Waals surface area contributed by atoms with Gasteiger partial charge in [-0.1, -0.05) is 25.9 Å². The third kappa shape index (κ3) is 2.82. The number of carbonyl (C=O) groups is 1. The second kappa shape index (κ2) is 4.44. The van der Waals surface area contributed by atoms with Gasteiger partial charge in [-0.05, 0) is 12.8 Å². The van der Waals surface area contributed by atoms with Crippen molar-refractivity contribution in [3.63, 3.8) is 0 Å². The van der Waals surface area contributed by atoms with Crippen molar-refractivity contribution in [2.75, 3.05) is 11.9 Å². The monoisotopic (exact) mass is 239 g/mol. The maximum Gasteiger partial charge on any atom is 0.322 e. The van der Waals surface area contributed by atoms with Crippen LogP contribution in [0.3, 0.4) is 0 Å². The number of nitrogens with one attached hydrogen (secondary N) is 1. The van der Waals surface area contributed by atoms with Crippen LogP contribution in [0.2, 0.25) is 0 Å². The normalized spacial score (nSPS) is 20.5. The topological polar surface area (TPSA) is 77.2 Å². The Bertz CT molecular complexity index is 402. The van der Waals surface area contributed by atoms with E-state index in [1.165, 1.54) is 0 Å². The summed E-state index contributed by atoms with van der Waals surface area (Å²) < 4.78 is 10.8. The molecule has 1 atom stereocenters. The SMILES string of the molecule is CC(C)(C)C(=O)Nc1nnc(C2CCCO2)o1. The molecule has 6 nitrogen and oxygen atoms in total. The highest BCUT2D eigenvalue weighted by Gasteiger charge is 2.26. The molecule has 1 fully saturated rings. The van der Waals surface area contributed by atoms with E-state index in [1.54, 1.807) is 0 Å². The second-order valence-corrected chi connectivity index (χ2v) is 5.15. The number of anilines is 1. The number of hydrogen-bond donors (Lipinski definition) is 1. The zero-order chi connectivity index (χ0) is 12.5. The van der Waals surface area contributed by atoms with Gasteiger partial charge in [0.05, 0.1) is 0 Å². The molecule has 2 rings (SSSR count). The minimum atomic E-state index is -0.488. The summed E-state index contributed by atoms with van der Waals surface area (Å²) in [5.41, 5.74) is -0.488. The van der Waals surface area contributed by atoms with Gasteiger partial charge in [0.15, 0.2) is 0 Å². The summed E-state index contributed by atoms with van der Waals surface area (Å²) in [7, 11) is 0. The van der Waals surface area contributed by atoms with Gasteiger partial charge < -0.3 is 9.15 Å². The van der Waals surface area contributed by atoms with E-state index in [0.717, 1.165) is 19.4 Å². The van der Waals surface area contributed by atoms with Gasteiger partial charge in [0, 0.05) is 12.0 Å². The van der Waals surface area contributed by atoms with E-state index >= 15 is 0 Å². The molecular formula is C11H17N3O3.